The highest BCUT2D eigenvalue weighted by Crippen LogP contribution is 2.19. The molecule has 1 saturated heterocycles. The fraction of sp³-hybridized carbons (Fsp3) is 0.818. The zero-order valence-corrected chi connectivity index (χ0v) is 10.5. The molecule has 2 rings (SSSR count). The molecule has 0 radical (unpaired) electrons. The molecule has 1 aromatic rings. The van der Waals surface area contributed by atoms with Crippen molar-refractivity contribution in [3.63, 3.8) is 0 Å². The number of halogens is 3. The molecule has 1 N–H and O–H groups in total. The van der Waals surface area contributed by atoms with E-state index < -0.39 is 12.7 Å². The van der Waals surface area contributed by atoms with Crippen molar-refractivity contribution in [2.24, 2.45) is 0 Å². The summed E-state index contributed by atoms with van der Waals surface area (Å²) in [5.74, 6) is 0.571. The summed E-state index contributed by atoms with van der Waals surface area (Å²) in [6.45, 7) is 0.864. The fourth-order valence-electron chi connectivity index (χ4n) is 2.24. The summed E-state index contributed by atoms with van der Waals surface area (Å²) in [6, 6.07) is 0.271. The average Bonchev–Trinajstić information content (AvgIpc) is 2.82. The highest BCUT2D eigenvalue weighted by molar-refractivity contribution is 4.81. The number of aromatic nitrogens is 2. The largest absolute Gasteiger partial charge is 0.401 e. The van der Waals surface area contributed by atoms with Gasteiger partial charge in [0.15, 0.2) is 6.33 Å². The van der Waals surface area contributed by atoms with Gasteiger partial charge in [-0.05, 0) is 25.9 Å². The third-order valence-electron chi connectivity index (χ3n) is 3.17. The van der Waals surface area contributed by atoms with Crippen LogP contribution < -0.4 is 5.32 Å². The van der Waals surface area contributed by atoms with E-state index in [2.05, 4.69) is 15.5 Å². The summed E-state index contributed by atoms with van der Waals surface area (Å²) in [5, 5.41) is 6.81. The second-order valence-corrected chi connectivity index (χ2v) is 4.70. The van der Waals surface area contributed by atoms with Gasteiger partial charge in [-0.1, -0.05) is 5.16 Å². The molecule has 0 atom stereocenters. The van der Waals surface area contributed by atoms with Gasteiger partial charge in [-0.3, -0.25) is 4.90 Å². The monoisotopic (exact) mass is 278 g/mol. The molecule has 1 aliphatic heterocycles. The molecule has 19 heavy (non-hydrogen) atoms. The number of rotatable bonds is 5. The average molecular weight is 278 g/mol. The predicted molar refractivity (Wildman–Crippen MR) is 61.5 cm³/mol. The van der Waals surface area contributed by atoms with Gasteiger partial charge in [0.05, 0.1) is 6.54 Å². The van der Waals surface area contributed by atoms with Gasteiger partial charge in [-0.15, -0.1) is 0 Å². The molecule has 1 fully saturated rings. The first-order valence-corrected chi connectivity index (χ1v) is 6.31. The van der Waals surface area contributed by atoms with Crippen LogP contribution in [0.15, 0.2) is 10.9 Å². The number of piperidine rings is 1. The van der Waals surface area contributed by atoms with Gasteiger partial charge < -0.3 is 9.84 Å². The highest BCUT2D eigenvalue weighted by Gasteiger charge is 2.32. The lowest BCUT2D eigenvalue weighted by atomic mass is 10.0. The summed E-state index contributed by atoms with van der Waals surface area (Å²) in [6.07, 6.45) is -0.633. The quantitative estimate of drug-likeness (QED) is 0.878. The summed E-state index contributed by atoms with van der Waals surface area (Å²) in [7, 11) is 0. The number of likely N-dealkylation sites (tertiary alicyclic amines) is 1. The van der Waals surface area contributed by atoms with Gasteiger partial charge in [0.1, 0.15) is 0 Å². The number of hydrogen-bond acceptors (Lipinski definition) is 5. The van der Waals surface area contributed by atoms with E-state index in [9.17, 15) is 13.2 Å². The van der Waals surface area contributed by atoms with E-state index in [0.717, 1.165) is 12.8 Å². The van der Waals surface area contributed by atoms with Crippen LogP contribution in [0.5, 0.6) is 0 Å². The molecule has 0 spiro atoms. The number of alkyl halides is 3. The van der Waals surface area contributed by atoms with Crippen LogP contribution in [-0.4, -0.2) is 53.4 Å². The highest BCUT2D eigenvalue weighted by atomic mass is 19.4. The molecule has 1 aromatic heterocycles. The minimum Gasteiger partial charge on any atom is -0.340 e. The number of nitrogens with one attached hydrogen (secondary N) is 1. The van der Waals surface area contributed by atoms with Crippen LogP contribution in [0.1, 0.15) is 18.7 Å². The van der Waals surface area contributed by atoms with Crippen molar-refractivity contribution in [2.75, 3.05) is 26.2 Å². The van der Waals surface area contributed by atoms with E-state index in [-0.39, 0.29) is 6.04 Å². The molecule has 108 valence electrons. The third kappa shape index (κ3) is 5.15. The molecule has 8 heteroatoms. The Morgan fingerprint density at radius 3 is 2.68 bits per heavy atom. The van der Waals surface area contributed by atoms with Gasteiger partial charge in [-0.2, -0.15) is 18.2 Å². The molecule has 0 aliphatic carbocycles. The maximum Gasteiger partial charge on any atom is 0.401 e. The topological polar surface area (TPSA) is 54.2 Å². The van der Waals surface area contributed by atoms with Gasteiger partial charge in [-0.25, -0.2) is 0 Å². The molecule has 0 unspecified atom stereocenters. The van der Waals surface area contributed by atoms with Crippen molar-refractivity contribution in [1.82, 2.24) is 20.4 Å². The normalized spacial score (nSPS) is 18.9. The van der Waals surface area contributed by atoms with Crippen molar-refractivity contribution in [2.45, 2.75) is 31.5 Å². The molecular weight excluding hydrogens is 261 g/mol. The van der Waals surface area contributed by atoms with Crippen molar-refractivity contribution < 1.29 is 17.7 Å². The number of hydrogen-bond donors (Lipinski definition) is 1. The van der Waals surface area contributed by atoms with E-state index in [4.69, 9.17) is 4.52 Å². The summed E-state index contributed by atoms with van der Waals surface area (Å²) in [4.78, 5) is 5.35. The van der Waals surface area contributed by atoms with Gasteiger partial charge in [0, 0.05) is 19.0 Å². The van der Waals surface area contributed by atoms with Crippen LogP contribution in [0.25, 0.3) is 0 Å². The molecule has 5 nitrogen and oxygen atoms in total. The van der Waals surface area contributed by atoms with Crippen LogP contribution >= 0.6 is 0 Å². The Morgan fingerprint density at radius 1 is 1.37 bits per heavy atom. The van der Waals surface area contributed by atoms with E-state index >= 15 is 0 Å². The first-order valence-electron chi connectivity index (χ1n) is 6.31. The lowest BCUT2D eigenvalue weighted by molar-refractivity contribution is -0.148. The first-order chi connectivity index (χ1) is 9.03. The van der Waals surface area contributed by atoms with E-state index in [1.807, 2.05) is 0 Å². The van der Waals surface area contributed by atoms with Crippen LogP contribution in [-0.2, 0) is 6.42 Å². The fourth-order valence-corrected chi connectivity index (χ4v) is 2.24. The van der Waals surface area contributed by atoms with Crippen molar-refractivity contribution in [3.8, 4) is 0 Å². The standard InChI is InChI=1S/C11H17F3N4O/c12-11(13,14)7-18-5-2-9(3-6-18)15-4-1-10-16-8-17-19-10/h8-9,15H,1-7H2. The Hall–Kier alpha value is -1.15. The lowest BCUT2D eigenvalue weighted by Crippen LogP contribution is -2.45. The number of nitrogens with zero attached hydrogens (tertiary/aromatic N) is 3. The molecule has 0 aromatic carbocycles. The third-order valence-corrected chi connectivity index (χ3v) is 3.17. The molecule has 0 saturated carbocycles. The molecule has 0 bridgehead atoms. The molecular formula is C11H17F3N4O. The van der Waals surface area contributed by atoms with Crippen LogP contribution in [0.4, 0.5) is 13.2 Å². The Labute approximate surface area is 109 Å². The molecule has 2 heterocycles. The van der Waals surface area contributed by atoms with Crippen molar-refractivity contribution in [1.29, 1.82) is 0 Å². The van der Waals surface area contributed by atoms with Gasteiger partial charge in [0.2, 0.25) is 5.89 Å². The molecule has 0 amide bonds. The smallest absolute Gasteiger partial charge is 0.340 e. The van der Waals surface area contributed by atoms with Crippen molar-refractivity contribution in [3.05, 3.63) is 12.2 Å². The second kappa shape index (κ2) is 6.33. The Bertz CT molecular complexity index is 361. The second-order valence-electron chi connectivity index (χ2n) is 4.70. The minimum atomic E-state index is -4.10. The Balaban J connectivity index is 1.61. The maximum absolute atomic E-state index is 12.2. The predicted octanol–water partition coefficient (Wildman–Crippen LogP) is 1.23. The van der Waals surface area contributed by atoms with Crippen LogP contribution in [0, 0.1) is 0 Å². The minimum absolute atomic E-state index is 0.271. The zero-order chi connectivity index (χ0) is 13.7. The maximum atomic E-state index is 12.2. The summed E-state index contributed by atoms with van der Waals surface area (Å²) >= 11 is 0. The first kappa shape index (κ1) is 14.3. The van der Waals surface area contributed by atoms with Crippen LogP contribution in [0.2, 0.25) is 0 Å². The Morgan fingerprint density at radius 2 is 2.11 bits per heavy atom. The van der Waals surface area contributed by atoms with E-state index in [0.29, 0.717) is 31.9 Å². The van der Waals surface area contributed by atoms with E-state index in [1.54, 1.807) is 0 Å². The van der Waals surface area contributed by atoms with Gasteiger partial charge in [0.25, 0.3) is 0 Å². The summed E-state index contributed by atoms with van der Waals surface area (Å²) < 4.78 is 41.5. The lowest BCUT2D eigenvalue weighted by Gasteiger charge is -2.32. The van der Waals surface area contributed by atoms with Gasteiger partial charge >= 0.3 is 6.18 Å². The van der Waals surface area contributed by atoms with Crippen LogP contribution in [0.3, 0.4) is 0 Å². The SMILES string of the molecule is FC(F)(F)CN1CCC(NCCc2ncno2)CC1. The Kier molecular flexibility index (Phi) is 4.76. The zero-order valence-electron chi connectivity index (χ0n) is 10.5. The van der Waals surface area contributed by atoms with Crippen molar-refractivity contribution >= 4 is 0 Å². The summed E-state index contributed by atoms with van der Waals surface area (Å²) in [5.41, 5.74) is 0. The molecule has 1 aliphatic rings. The van der Waals surface area contributed by atoms with E-state index in [1.165, 1.54) is 11.2 Å².